The maximum absolute atomic E-state index is 13.5. The molecule has 9 heteroatoms. The number of piperidine rings is 1. The summed E-state index contributed by atoms with van der Waals surface area (Å²) in [7, 11) is 2.05. The number of hydrogen-bond acceptors (Lipinski definition) is 5. The van der Waals surface area contributed by atoms with Crippen molar-refractivity contribution in [2.24, 2.45) is 18.4 Å². The summed E-state index contributed by atoms with van der Waals surface area (Å²) in [6.07, 6.45) is 5.07. The number of benzene rings is 1. The van der Waals surface area contributed by atoms with Gasteiger partial charge in [0.05, 0.1) is 29.7 Å². The lowest BCUT2D eigenvalue weighted by atomic mass is 9.61. The molecule has 2 saturated heterocycles. The van der Waals surface area contributed by atoms with Crippen LogP contribution in [-0.2, 0) is 23.0 Å². The molecule has 3 aliphatic rings. The summed E-state index contributed by atoms with van der Waals surface area (Å²) < 4.78 is 7.68. The van der Waals surface area contributed by atoms with E-state index in [-0.39, 0.29) is 36.1 Å². The van der Waals surface area contributed by atoms with Crippen LogP contribution in [0.2, 0.25) is 0 Å². The number of fused-ring (bicyclic) bond motifs is 2. The Morgan fingerprint density at radius 3 is 2.82 bits per heavy atom. The van der Waals surface area contributed by atoms with Gasteiger partial charge in [-0.15, -0.1) is 24.8 Å². The van der Waals surface area contributed by atoms with Gasteiger partial charge in [0, 0.05) is 45.7 Å². The van der Waals surface area contributed by atoms with Gasteiger partial charge in [0.2, 0.25) is 5.91 Å². The maximum atomic E-state index is 13.5. The number of rotatable bonds is 5. The van der Waals surface area contributed by atoms with Crippen molar-refractivity contribution in [3.05, 3.63) is 30.1 Å². The molecule has 184 valence electrons. The zero-order chi connectivity index (χ0) is 21.3. The average Bonchev–Trinajstić information content (AvgIpc) is 3.14. The number of ether oxygens (including phenoxy) is 1. The van der Waals surface area contributed by atoms with E-state index in [9.17, 15) is 4.79 Å². The van der Waals surface area contributed by atoms with E-state index < -0.39 is 0 Å². The number of nitrogens with one attached hydrogen (secondary N) is 2. The van der Waals surface area contributed by atoms with E-state index in [0.29, 0.717) is 18.5 Å². The van der Waals surface area contributed by atoms with Crippen molar-refractivity contribution in [1.29, 1.82) is 0 Å². The highest BCUT2D eigenvalue weighted by atomic mass is 35.5. The van der Waals surface area contributed by atoms with E-state index in [1.54, 1.807) is 0 Å². The maximum Gasteiger partial charge on any atom is 0.227 e. The smallest absolute Gasteiger partial charge is 0.227 e. The van der Waals surface area contributed by atoms with Crippen LogP contribution in [0.25, 0.3) is 11.0 Å². The van der Waals surface area contributed by atoms with Crippen molar-refractivity contribution >= 4 is 41.8 Å². The summed E-state index contributed by atoms with van der Waals surface area (Å²) in [5.41, 5.74) is 1.90. The molecule has 1 aromatic heterocycles. The number of aryl methyl sites for hydroxylation is 1. The van der Waals surface area contributed by atoms with Gasteiger partial charge < -0.3 is 19.9 Å². The van der Waals surface area contributed by atoms with E-state index in [1.807, 2.05) is 18.2 Å². The third kappa shape index (κ3) is 5.17. The van der Waals surface area contributed by atoms with Crippen molar-refractivity contribution < 1.29 is 9.53 Å². The third-order valence-corrected chi connectivity index (χ3v) is 7.90. The molecule has 33 heavy (non-hydrogen) atoms. The molecule has 1 aliphatic carbocycles. The van der Waals surface area contributed by atoms with Crippen molar-refractivity contribution in [3.63, 3.8) is 0 Å². The first-order valence-electron chi connectivity index (χ1n) is 11.9. The molecule has 7 nitrogen and oxygen atoms in total. The molecule has 0 radical (unpaired) electrons. The number of para-hydroxylation sites is 2. The van der Waals surface area contributed by atoms with Crippen LogP contribution in [0.5, 0.6) is 0 Å². The van der Waals surface area contributed by atoms with Crippen LogP contribution in [0.4, 0.5) is 0 Å². The Bertz CT molecular complexity index is 933. The van der Waals surface area contributed by atoms with Gasteiger partial charge in [0.1, 0.15) is 5.82 Å². The van der Waals surface area contributed by atoms with Crippen LogP contribution in [0, 0.1) is 11.3 Å². The lowest BCUT2D eigenvalue weighted by molar-refractivity contribution is -0.140. The van der Waals surface area contributed by atoms with Gasteiger partial charge in [0.25, 0.3) is 0 Å². The lowest BCUT2D eigenvalue weighted by Gasteiger charge is -2.50. The molecule has 3 fully saturated rings. The van der Waals surface area contributed by atoms with Gasteiger partial charge >= 0.3 is 0 Å². The Labute approximate surface area is 208 Å². The van der Waals surface area contributed by atoms with Crippen molar-refractivity contribution in [3.8, 4) is 0 Å². The van der Waals surface area contributed by atoms with Crippen LogP contribution < -0.4 is 10.6 Å². The average molecular weight is 498 g/mol. The van der Waals surface area contributed by atoms with Gasteiger partial charge in [0.15, 0.2) is 0 Å². The highest BCUT2D eigenvalue weighted by Crippen LogP contribution is 2.46. The quantitative estimate of drug-likeness (QED) is 0.663. The number of imidazole rings is 1. The largest absolute Gasteiger partial charge is 0.379 e. The lowest BCUT2D eigenvalue weighted by Crippen LogP contribution is -2.60. The second-order valence-electron chi connectivity index (χ2n) is 9.48. The van der Waals surface area contributed by atoms with Crippen molar-refractivity contribution in [2.45, 2.75) is 38.1 Å². The molecule has 2 aliphatic heterocycles. The summed E-state index contributed by atoms with van der Waals surface area (Å²) in [5.74, 6) is 1.73. The standard InChI is InChI=1S/C24H35N5O2.2ClH/c1-28-21-5-3-2-4-20(21)27-22(28)8-11-26-23(30)24-9-6-19(29-12-14-31-15-13-29)16-18(24)7-10-25-17-24;;/h2-5,18-19,25H,6-17H2,1H3,(H,26,30);2*1H/t18-,19-,24-;;/m1../s1. The molecule has 1 aromatic carbocycles. The van der Waals surface area contributed by atoms with Crippen LogP contribution in [0.15, 0.2) is 24.3 Å². The first kappa shape index (κ1) is 26.2. The molecule has 0 bridgehead atoms. The van der Waals surface area contributed by atoms with E-state index in [2.05, 4.69) is 33.2 Å². The van der Waals surface area contributed by atoms with E-state index in [0.717, 1.165) is 88.4 Å². The van der Waals surface area contributed by atoms with Crippen LogP contribution in [-0.4, -0.2) is 72.3 Å². The minimum Gasteiger partial charge on any atom is -0.379 e. The number of aromatic nitrogens is 2. The minimum atomic E-state index is -0.257. The topological polar surface area (TPSA) is 71.4 Å². The third-order valence-electron chi connectivity index (χ3n) is 7.90. The zero-order valence-electron chi connectivity index (χ0n) is 19.4. The minimum absolute atomic E-state index is 0. The predicted octanol–water partition coefficient (Wildman–Crippen LogP) is 2.56. The predicted molar refractivity (Wildman–Crippen MR) is 135 cm³/mol. The normalized spacial score (nSPS) is 27.8. The summed E-state index contributed by atoms with van der Waals surface area (Å²) >= 11 is 0. The molecular formula is C24H37Cl2N5O2. The van der Waals surface area contributed by atoms with E-state index in [4.69, 9.17) is 9.72 Å². The van der Waals surface area contributed by atoms with Crippen molar-refractivity contribution in [2.75, 3.05) is 45.9 Å². The Hall–Kier alpha value is -1.38. The fourth-order valence-corrected chi connectivity index (χ4v) is 6.05. The van der Waals surface area contributed by atoms with E-state index >= 15 is 0 Å². The molecule has 1 amide bonds. The zero-order valence-corrected chi connectivity index (χ0v) is 21.1. The number of amides is 1. The fourth-order valence-electron chi connectivity index (χ4n) is 6.05. The number of nitrogens with zero attached hydrogens (tertiary/aromatic N) is 3. The first-order valence-corrected chi connectivity index (χ1v) is 11.9. The SMILES string of the molecule is Cl.Cl.Cn1c(CCNC(=O)[C@@]23CC[C@@H](N4CCOCC4)C[C@H]2CCNC3)nc2ccccc21. The second kappa shape index (κ2) is 11.4. The van der Waals surface area contributed by atoms with Gasteiger partial charge in [-0.05, 0) is 50.3 Å². The number of hydrogen-bond donors (Lipinski definition) is 2. The van der Waals surface area contributed by atoms with Gasteiger partial charge in [-0.3, -0.25) is 9.69 Å². The summed E-state index contributed by atoms with van der Waals surface area (Å²) in [6.45, 7) is 6.23. The Balaban J connectivity index is 0.00000153. The number of carbonyl (C=O) groups is 1. The first-order chi connectivity index (χ1) is 15.2. The molecule has 2 aromatic rings. The molecule has 3 atom stereocenters. The number of morpholine rings is 1. The number of carbonyl (C=O) groups excluding carboxylic acids is 1. The highest BCUT2D eigenvalue weighted by Gasteiger charge is 2.50. The Kier molecular flexibility index (Phi) is 9.03. The van der Waals surface area contributed by atoms with Crippen LogP contribution in [0.1, 0.15) is 31.5 Å². The molecule has 0 unspecified atom stereocenters. The van der Waals surface area contributed by atoms with Crippen LogP contribution >= 0.6 is 24.8 Å². The van der Waals surface area contributed by atoms with E-state index in [1.165, 1.54) is 0 Å². The van der Waals surface area contributed by atoms with Gasteiger partial charge in [-0.25, -0.2) is 4.98 Å². The second-order valence-corrected chi connectivity index (χ2v) is 9.48. The molecule has 5 rings (SSSR count). The molecule has 0 spiro atoms. The number of halogens is 2. The summed E-state index contributed by atoms with van der Waals surface area (Å²) in [4.78, 5) is 20.8. The fraction of sp³-hybridized carbons (Fsp3) is 0.667. The Morgan fingerprint density at radius 1 is 1.24 bits per heavy atom. The Morgan fingerprint density at radius 2 is 2.03 bits per heavy atom. The molecule has 1 saturated carbocycles. The molecule has 3 heterocycles. The summed E-state index contributed by atoms with van der Waals surface area (Å²) in [6, 6.07) is 8.80. The van der Waals surface area contributed by atoms with Gasteiger partial charge in [-0.1, -0.05) is 12.1 Å². The summed E-state index contributed by atoms with van der Waals surface area (Å²) in [5, 5.41) is 6.82. The van der Waals surface area contributed by atoms with Crippen LogP contribution in [0.3, 0.4) is 0 Å². The van der Waals surface area contributed by atoms with Crippen molar-refractivity contribution in [1.82, 2.24) is 25.1 Å². The highest BCUT2D eigenvalue weighted by molar-refractivity contribution is 5.85. The molecular weight excluding hydrogens is 461 g/mol. The van der Waals surface area contributed by atoms with Gasteiger partial charge in [-0.2, -0.15) is 0 Å². The molecule has 2 N–H and O–H groups in total. The monoisotopic (exact) mass is 497 g/mol.